The molecule has 15 heavy (non-hydrogen) atoms. The molecule has 1 heterocycles. The van der Waals surface area contributed by atoms with Crippen LogP contribution in [0.25, 0.3) is 0 Å². The van der Waals surface area contributed by atoms with Crippen LogP contribution in [0.15, 0.2) is 9.59 Å². The molecule has 0 unspecified atom stereocenters. The lowest BCUT2D eigenvalue weighted by atomic mass is 10.1. The van der Waals surface area contributed by atoms with Gasteiger partial charge in [-0.25, -0.2) is 4.79 Å². The Morgan fingerprint density at radius 1 is 1.13 bits per heavy atom. The Balaban J connectivity index is 2.77. The summed E-state index contributed by atoms with van der Waals surface area (Å²) in [6, 6.07) is 0. The Morgan fingerprint density at radius 3 is 2.53 bits per heavy atom. The van der Waals surface area contributed by atoms with Crippen molar-refractivity contribution < 1.29 is 0 Å². The number of nitrogens with two attached hydrogens (primary N) is 1. The number of hydrogen-bond acceptors (Lipinski definition) is 3. The van der Waals surface area contributed by atoms with Crippen molar-refractivity contribution in [2.45, 2.75) is 32.1 Å². The molecule has 0 spiro atoms. The molecule has 2 N–H and O–H groups in total. The summed E-state index contributed by atoms with van der Waals surface area (Å²) in [4.78, 5) is 23.3. The molecule has 0 aliphatic heterocycles. The topological polar surface area (TPSA) is 70.0 Å². The van der Waals surface area contributed by atoms with Crippen molar-refractivity contribution >= 4 is 0 Å². The van der Waals surface area contributed by atoms with Crippen molar-refractivity contribution in [3.05, 3.63) is 32.1 Å². The van der Waals surface area contributed by atoms with E-state index in [0.29, 0.717) is 4.68 Å². The molecule has 0 saturated heterocycles. The molecule has 5 heteroatoms. The van der Waals surface area contributed by atoms with Crippen molar-refractivity contribution in [3.63, 3.8) is 0 Å². The molecule has 0 aromatic carbocycles. The van der Waals surface area contributed by atoms with Crippen LogP contribution in [0.4, 0.5) is 0 Å². The summed E-state index contributed by atoms with van der Waals surface area (Å²) in [6.45, 7) is 0. The van der Waals surface area contributed by atoms with E-state index in [1.807, 2.05) is 0 Å². The lowest BCUT2D eigenvalue weighted by Crippen LogP contribution is -2.46. The van der Waals surface area contributed by atoms with Crippen molar-refractivity contribution in [1.29, 1.82) is 0 Å². The van der Waals surface area contributed by atoms with E-state index in [2.05, 4.69) is 0 Å². The maximum atomic E-state index is 11.8. The van der Waals surface area contributed by atoms with Crippen molar-refractivity contribution in [3.8, 4) is 0 Å². The molecule has 1 aromatic rings. The molecular weight excluding hydrogens is 194 g/mol. The van der Waals surface area contributed by atoms with E-state index in [4.69, 9.17) is 5.84 Å². The minimum Gasteiger partial charge on any atom is -0.332 e. The minimum absolute atomic E-state index is 0.324. The normalized spacial score (nSPS) is 15.8. The van der Waals surface area contributed by atoms with Crippen molar-refractivity contribution in [2.75, 3.05) is 5.84 Å². The van der Waals surface area contributed by atoms with Gasteiger partial charge in [0.25, 0.3) is 5.56 Å². The first-order valence-electron chi connectivity index (χ1n) is 5.22. The van der Waals surface area contributed by atoms with Gasteiger partial charge >= 0.3 is 5.69 Å². The van der Waals surface area contributed by atoms with E-state index in [0.717, 1.165) is 43.4 Å². The molecule has 0 radical (unpaired) electrons. The van der Waals surface area contributed by atoms with Crippen LogP contribution in [0.1, 0.15) is 30.5 Å². The third-order valence-electron chi connectivity index (χ3n) is 3.06. The van der Waals surface area contributed by atoms with E-state index in [1.54, 1.807) is 7.05 Å². The zero-order valence-corrected chi connectivity index (χ0v) is 8.82. The third-order valence-corrected chi connectivity index (χ3v) is 3.06. The van der Waals surface area contributed by atoms with Crippen LogP contribution >= 0.6 is 0 Å². The molecule has 0 fully saturated rings. The third kappa shape index (κ3) is 1.48. The van der Waals surface area contributed by atoms with Gasteiger partial charge in [0.1, 0.15) is 0 Å². The lowest BCUT2D eigenvalue weighted by molar-refractivity contribution is 0.651. The number of rotatable bonds is 0. The van der Waals surface area contributed by atoms with Gasteiger partial charge in [-0.2, -0.15) is 4.68 Å². The fraction of sp³-hybridized carbons (Fsp3) is 0.600. The van der Waals surface area contributed by atoms with Gasteiger partial charge in [-0.05, 0) is 25.7 Å². The Hall–Kier alpha value is -1.52. The second kappa shape index (κ2) is 3.56. The fourth-order valence-electron chi connectivity index (χ4n) is 2.18. The number of nitrogen functional groups attached to an aromatic ring is 1. The van der Waals surface area contributed by atoms with Crippen LogP contribution in [0.5, 0.6) is 0 Å². The van der Waals surface area contributed by atoms with Crippen LogP contribution in [-0.4, -0.2) is 9.24 Å². The second-order valence-corrected chi connectivity index (χ2v) is 4.00. The first-order valence-corrected chi connectivity index (χ1v) is 5.22. The summed E-state index contributed by atoms with van der Waals surface area (Å²) in [5, 5.41) is 0. The summed E-state index contributed by atoms with van der Waals surface area (Å²) in [7, 11) is 1.68. The van der Waals surface area contributed by atoms with Crippen LogP contribution < -0.4 is 17.1 Å². The van der Waals surface area contributed by atoms with Gasteiger partial charge in [0.15, 0.2) is 0 Å². The largest absolute Gasteiger partial charge is 0.349 e. The Kier molecular flexibility index (Phi) is 2.38. The van der Waals surface area contributed by atoms with Crippen LogP contribution in [0.3, 0.4) is 0 Å². The number of aromatic nitrogens is 2. The molecule has 0 amide bonds. The lowest BCUT2D eigenvalue weighted by Gasteiger charge is -2.11. The maximum Gasteiger partial charge on any atom is 0.349 e. The van der Waals surface area contributed by atoms with E-state index in [1.165, 1.54) is 4.57 Å². The first-order chi connectivity index (χ1) is 7.13. The predicted molar refractivity (Wildman–Crippen MR) is 57.4 cm³/mol. The summed E-state index contributed by atoms with van der Waals surface area (Å²) in [5.41, 5.74) is 0.831. The Bertz CT molecular complexity index is 499. The quantitative estimate of drug-likeness (QED) is 0.464. The number of nitrogens with zero attached hydrogens (tertiary/aromatic N) is 2. The zero-order valence-electron chi connectivity index (χ0n) is 8.82. The van der Waals surface area contributed by atoms with E-state index < -0.39 is 5.69 Å². The Morgan fingerprint density at radius 2 is 1.80 bits per heavy atom. The summed E-state index contributed by atoms with van der Waals surface area (Å²) in [6.07, 6.45) is 4.68. The molecular formula is C10H15N3O2. The van der Waals surface area contributed by atoms with Crippen LogP contribution in [0.2, 0.25) is 0 Å². The van der Waals surface area contributed by atoms with E-state index in [-0.39, 0.29) is 5.56 Å². The molecule has 0 saturated carbocycles. The molecule has 1 aromatic heterocycles. The van der Waals surface area contributed by atoms with Gasteiger partial charge in [0, 0.05) is 18.3 Å². The first kappa shape index (κ1) is 10.0. The highest BCUT2D eigenvalue weighted by molar-refractivity contribution is 5.20. The molecule has 0 atom stereocenters. The van der Waals surface area contributed by atoms with Gasteiger partial charge in [-0.3, -0.25) is 9.36 Å². The van der Waals surface area contributed by atoms with Gasteiger partial charge in [0.2, 0.25) is 0 Å². The fourth-order valence-corrected chi connectivity index (χ4v) is 2.18. The molecule has 2 rings (SSSR count). The molecule has 82 valence electrons. The standard InChI is InChI=1S/C10H15N3O2/c1-12-8-6-4-2-3-5-7(8)9(14)13(11)10(12)15/h2-6,11H2,1H3. The highest BCUT2D eigenvalue weighted by atomic mass is 16.2. The molecule has 1 aliphatic carbocycles. The van der Waals surface area contributed by atoms with Gasteiger partial charge in [-0.1, -0.05) is 6.42 Å². The Labute approximate surface area is 87.1 Å². The highest BCUT2D eigenvalue weighted by Gasteiger charge is 2.17. The molecule has 1 aliphatic rings. The predicted octanol–water partition coefficient (Wildman–Crippen LogP) is -0.470. The highest BCUT2D eigenvalue weighted by Crippen LogP contribution is 2.15. The summed E-state index contributed by atoms with van der Waals surface area (Å²) >= 11 is 0. The molecule has 5 nitrogen and oxygen atoms in total. The molecule has 0 bridgehead atoms. The maximum absolute atomic E-state index is 11.8. The van der Waals surface area contributed by atoms with Gasteiger partial charge in [0.05, 0.1) is 0 Å². The zero-order chi connectivity index (χ0) is 11.0. The van der Waals surface area contributed by atoms with Crippen LogP contribution in [-0.2, 0) is 19.9 Å². The number of hydrogen-bond donors (Lipinski definition) is 1. The van der Waals surface area contributed by atoms with Crippen LogP contribution in [0, 0.1) is 0 Å². The SMILES string of the molecule is Cn1c2c(c(=O)n(N)c1=O)CCCCC2. The summed E-state index contributed by atoms with van der Waals surface area (Å²) in [5.74, 6) is 5.43. The average molecular weight is 209 g/mol. The van der Waals surface area contributed by atoms with E-state index >= 15 is 0 Å². The van der Waals surface area contributed by atoms with Gasteiger partial charge < -0.3 is 5.84 Å². The average Bonchev–Trinajstić information content (AvgIpc) is 2.48. The summed E-state index contributed by atoms with van der Waals surface area (Å²) < 4.78 is 2.21. The van der Waals surface area contributed by atoms with Crippen molar-refractivity contribution in [2.24, 2.45) is 7.05 Å². The van der Waals surface area contributed by atoms with Crippen molar-refractivity contribution in [1.82, 2.24) is 9.24 Å². The van der Waals surface area contributed by atoms with E-state index in [9.17, 15) is 9.59 Å². The monoisotopic (exact) mass is 209 g/mol. The second-order valence-electron chi connectivity index (χ2n) is 4.00. The number of fused-ring (bicyclic) bond motifs is 1. The van der Waals surface area contributed by atoms with Gasteiger partial charge in [-0.15, -0.1) is 0 Å². The minimum atomic E-state index is -0.430. The smallest absolute Gasteiger partial charge is 0.332 e.